The molecule has 2 aliphatic heterocycles. The Labute approximate surface area is 169 Å². The summed E-state index contributed by atoms with van der Waals surface area (Å²) in [5.41, 5.74) is 1.17. The number of aryl methyl sites for hydroxylation is 1. The SMILES string of the molecule is Cc1cc(C(=O)N2CCN(c3ncccn3)CC2)nc(N2CCN(C=O)CC2)n1. The van der Waals surface area contributed by atoms with E-state index >= 15 is 0 Å². The lowest BCUT2D eigenvalue weighted by molar-refractivity contribution is -0.118. The zero-order chi connectivity index (χ0) is 20.2. The fourth-order valence-corrected chi connectivity index (χ4v) is 3.56. The molecule has 2 fully saturated rings. The fraction of sp³-hybridized carbons (Fsp3) is 0.474. The first-order valence-electron chi connectivity index (χ1n) is 9.75. The molecular weight excluding hydrogens is 372 g/mol. The van der Waals surface area contributed by atoms with E-state index in [-0.39, 0.29) is 5.91 Å². The Kier molecular flexibility index (Phi) is 5.50. The van der Waals surface area contributed by atoms with Gasteiger partial charge >= 0.3 is 0 Å². The van der Waals surface area contributed by atoms with Crippen molar-refractivity contribution < 1.29 is 9.59 Å². The Morgan fingerprint density at radius 1 is 0.897 bits per heavy atom. The summed E-state index contributed by atoms with van der Waals surface area (Å²) in [6.07, 6.45) is 4.31. The molecule has 0 saturated carbocycles. The molecular formula is C19H24N8O2. The van der Waals surface area contributed by atoms with Crippen molar-refractivity contribution in [2.75, 3.05) is 62.2 Å². The van der Waals surface area contributed by atoms with E-state index in [1.807, 2.05) is 16.7 Å². The Balaban J connectivity index is 1.43. The molecule has 0 aliphatic carbocycles. The molecule has 0 bridgehead atoms. The molecule has 0 radical (unpaired) electrons. The predicted octanol–water partition coefficient (Wildman–Crippen LogP) is -0.184. The molecule has 0 N–H and O–H groups in total. The van der Waals surface area contributed by atoms with Gasteiger partial charge in [-0.15, -0.1) is 0 Å². The van der Waals surface area contributed by atoms with Crippen LogP contribution in [-0.2, 0) is 4.79 Å². The summed E-state index contributed by atoms with van der Waals surface area (Å²) in [6.45, 7) is 6.99. The molecule has 2 aromatic heterocycles. The van der Waals surface area contributed by atoms with Gasteiger partial charge in [-0.25, -0.2) is 19.9 Å². The van der Waals surface area contributed by atoms with E-state index in [1.165, 1.54) is 0 Å². The number of carbonyl (C=O) groups excluding carboxylic acids is 2. The maximum atomic E-state index is 13.0. The minimum atomic E-state index is -0.0862. The fourth-order valence-electron chi connectivity index (χ4n) is 3.56. The average molecular weight is 396 g/mol. The number of rotatable bonds is 4. The van der Waals surface area contributed by atoms with E-state index in [9.17, 15) is 9.59 Å². The Morgan fingerprint density at radius 3 is 2.17 bits per heavy atom. The summed E-state index contributed by atoms with van der Waals surface area (Å²) in [5.74, 6) is 1.15. The van der Waals surface area contributed by atoms with Gasteiger partial charge in [-0.3, -0.25) is 9.59 Å². The van der Waals surface area contributed by atoms with Crippen molar-refractivity contribution in [3.63, 3.8) is 0 Å². The second-order valence-corrected chi connectivity index (χ2v) is 7.15. The third-order valence-corrected chi connectivity index (χ3v) is 5.21. The van der Waals surface area contributed by atoms with Gasteiger partial charge in [0.05, 0.1) is 0 Å². The molecule has 2 amide bonds. The molecule has 0 atom stereocenters. The molecule has 4 rings (SSSR count). The normalized spacial score (nSPS) is 17.4. The minimum Gasteiger partial charge on any atom is -0.342 e. The number of hydrogen-bond acceptors (Lipinski definition) is 8. The van der Waals surface area contributed by atoms with Crippen LogP contribution in [0.3, 0.4) is 0 Å². The van der Waals surface area contributed by atoms with Crippen LogP contribution < -0.4 is 9.80 Å². The molecule has 4 heterocycles. The summed E-state index contributed by atoms with van der Waals surface area (Å²) < 4.78 is 0. The molecule has 2 saturated heterocycles. The molecule has 0 aromatic carbocycles. The van der Waals surface area contributed by atoms with Crippen molar-refractivity contribution >= 4 is 24.2 Å². The zero-order valence-corrected chi connectivity index (χ0v) is 16.4. The van der Waals surface area contributed by atoms with Gasteiger partial charge in [0.2, 0.25) is 18.3 Å². The first kappa shape index (κ1) is 19.0. The van der Waals surface area contributed by atoms with Crippen molar-refractivity contribution in [2.45, 2.75) is 6.92 Å². The lowest BCUT2D eigenvalue weighted by atomic mass is 10.2. The molecule has 29 heavy (non-hydrogen) atoms. The van der Waals surface area contributed by atoms with Gasteiger partial charge in [0, 0.05) is 70.4 Å². The molecule has 152 valence electrons. The maximum absolute atomic E-state index is 13.0. The van der Waals surface area contributed by atoms with Gasteiger partial charge in [0.15, 0.2) is 0 Å². The Morgan fingerprint density at radius 2 is 1.52 bits per heavy atom. The van der Waals surface area contributed by atoms with E-state index < -0.39 is 0 Å². The van der Waals surface area contributed by atoms with Gasteiger partial charge in [-0.2, -0.15) is 0 Å². The van der Waals surface area contributed by atoms with Gasteiger partial charge in [-0.1, -0.05) is 0 Å². The van der Waals surface area contributed by atoms with E-state index in [4.69, 9.17) is 0 Å². The summed E-state index contributed by atoms with van der Waals surface area (Å²) in [5, 5.41) is 0. The topological polar surface area (TPSA) is 98.7 Å². The molecule has 0 unspecified atom stereocenters. The Hall–Kier alpha value is -3.30. The van der Waals surface area contributed by atoms with Gasteiger partial charge < -0.3 is 19.6 Å². The molecule has 0 spiro atoms. The van der Waals surface area contributed by atoms with Crippen LogP contribution in [-0.4, -0.2) is 94.4 Å². The van der Waals surface area contributed by atoms with Crippen LogP contribution in [0.2, 0.25) is 0 Å². The molecule has 2 aliphatic rings. The number of piperazine rings is 2. The number of carbonyl (C=O) groups is 2. The highest BCUT2D eigenvalue weighted by atomic mass is 16.2. The van der Waals surface area contributed by atoms with E-state index in [0.717, 1.165) is 12.1 Å². The second-order valence-electron chi connectivity index (χ2n) is 7.15. The summed E-state index contributed by atoms with van der Waals surface area (Å²) in [6, 6.07) is 3.53. The Bertz CT molecular complexity index is 862. The van der Waals surface area contributed by atoms with Crippen molar-refractivity contribution in [1.29, 1.82) is 0 Å². The van der Waals surface area contributed by atoms with Crippen LogP contribution in [0.5, 0.6) is 0 Å². The minimum absolute atomic E-state index is 0.0862. The average Bonchev–Trinajstić information content (AvgIpc) is 2.79. The van der Waals surface area contributed by atoms with E-state index in [0.29, 0.717) is 69.9 Å². The first-order chi connectivity index (χ1) is 14.1. The molecule has 10 nitrogen and oxygen atoms in total. The van der Waals surface area contributed by atoms with Crippen LogP contribution in [0.1, 0.15) is 16.2 Å². The van der Waals surface area contributed by atoms with Gasteiger partial charge in [0.1, 0.15) is 5.69 Å². The monoisotopic (exact) mass is 396 g/mol. The smallest absolute Gasteiger partial charge is 0.272 e. The van der Waals surface area contributed by atoms with Crippen molar-refractivity contribution in [2.24, 2.45) is 0 Å². The highest BCUT2D eigenvalue weighted by Gasteiger charge is 2.26. The van der Waals surface area contributed by atoms with Crippen LogP contribution in [0, 0.1) is 6.92 Å². The van der Waals surface area contributed by atoms with Crippen LogP contribution >= 0.6 is 0 Å². The lowest BCUT2D eigenvalue weighted by Gasteiger charge is -2.35. The highest BCUT2D eigenvalue weighted by molar-refractivity contribution is 5.92. The molecule has 2 aromatic rings. The highest BCUT2D eigenvalue weighted by Crippen LogP contribution is 2.16. The number of amides is 2. The standard InChI is InChI=1S/C19H24N8O2/c1-15-13-16(23-19(22-15)27-7-5-24(14-28)6-8-27)17(29)25-9-11-26(12-10-25)18-20-3-2-4-21-18/h2-4,13-14H,5-12H2,1H3. The third kappa shape index (κ3) is 4.25. The number of nitrogens with zero attached hydrogens (tertiary/aromatic N) is 8. The third-order valence-electron chi connectivity index (χ3n) is 5.21. The summed E-state index contributed by atoms with van der Waals surface area (Å²) in [4.78, 5) is 49.2. The number of anilines is 2. The quantitative estimate of drug-likeness (QED) is 0.656. The summed E-state index contributed by atoms with van der Waals surface area (Å²) in [7, 11) is 0. The van der Waals surface area contributed by atoms with Gasteiger partial charge in [0.25, 0.3) is 5.91 Å². The maximum Gasteiger partial charge on any atom is 0.272 e. The van der Waals surface area contributed by atoms with Crippen LogP contribution in [0.4, 0.5) is 11.9 Å². The largest absolute Gasteiger partial charge is 0.342 e. The zero-order valence-electron chi connectivity index (χ0n) is 16.4. The van der Waals surface area contributed by atoms with Crippen molar-refractivity contribution in [1.82, 2.24) is 29.7 Å². The predicted molar refractivity (Wildman–Crippen MR) is 107 cm³/mol. The number of hydrogen-bond donors (Lipinski definition) is 0. The van der Waals surface area contributed by atoms with Gasteiger partial charge in [-0.05, 0) is 19.1 Å². The van der Waals surface area contributed by atoms with Crippen molar-refractivity contribution in [3.8, 4) is 0 Å². The van der Waals surface area contributed by atoms with Crippen molar-refractivity contribution in [3.05, 3.63) is 35.9 Å². The van der Waals surface area contributed by atoms with Crippen LogP contribution in [0.15, 0.2) is 24.5 Å². The second kappa shape index (κ2) is 8.38. The van der Waals surface area contributed by atoms with E-state index in [2.05, 4.69) is 24.8 Å². The molecule has 10 heteroatoms. The number of aromatic nitrogens is 4. The lowest BCUT2D eigenvalue weighted by Crippen LogP contribution is -2.49. The first-order valence-corrected chi connectivity index (χ1v) is 9.75. The van der Waals surface area contributed by atoms with E-state index in [1.54, 1.807) is 29.4 Å². The summed E-state index contributed by atoms with van der Waals surface area (Å²) >= 11 is 0. The van der Waals surface area contributed by atoms with Crippen LogP contribution in [0.25, 0.3) is 0 Å².